The van der Waals surface area contributed by atoms with Gasteiger partial charge in [-0.2, -0.15) is 0 Å². The number of nitrogens with one attached hydrogen (secondary N) is 1. The smallest absolute Gasteiger partial charge is 0.107 e. The lowest BCUT2D eigenvalue weighted by molar-refractivity contribution is 0.119. The summed E-state index contributed by atoms with van der Waals surface area (Å²) in [4.78, 5) is 4.45. The highest BCUT2D eigenvalue weighted by Crippen LogP contribution is 2.10. The van der Waals surface area contributed by atoms with Gasteiger partial charge in [0.1, 0.15) is 5.01 Å². The molecular formula is C10H18N2OS. The normalized spacial score (nSPS) is 10.7. The second-order valence-corrected chi connectivity index (χ2v) is 4.01. The molecule has 0 aliphatic rings. The molecule has 1 heterocycles. The van der Waals surface area contributed by atoms with Crippen LogP contribution in [0.1, 0.15) is 31.0 Å². The van der Waals surface area contributed by atoms with Gasteiger partial charge < -0.3 is 10.1 Å². The highest BCUT2D eigenvalue weighted by atomic mass is 32.1. The van der Waals surface area contributed by atoms with E-state index in [4.69, 9.17) is 4.74 Å². The zero-order chi connectivity index (χ0) is 10.2. The Morgan fingerprint density at radius 3 is 3.07 bits per heavy atom. The molecule has 1 N–H and O–H groups in total. The molecule has 0 saturated carbocycles. The molecule has 1 rings (SSSR count). The third-order valence-electron chi connectivity index (χ3n) is 1.72. The van der Waals surface area contributed by atoms with Gasteiger partial charge in [0.15, 0.2) is 0 Å². The van der Waals surface area contributed by atoms with Gasteiger partial charge in [0.05, 0.1) is 12.3 Å². The molecule has 1 aromatic heterocycles. The van der Waals surface area contributed by atoms with Gasteiger partial charge in [-0.3, -0.25) is 0 Å². The average Bonchev–Trinajstić information content (AvgIpc) is 2.63. The molecule has 3 nitrogen and oxygen atoms in total. The Labute approximate surface area is 89.5 Å². The van der Waals surface area contributed by atoms with Crippen LogP contribution in [0.5, 0.6) is 0 Å². The molecule has 0 saturated heterocycles. The molecule has 0 amide bonds. The number of rotatable bonds is 7. The Morgan fingerprint density at radius 2 is 2.36 bits per heavy atom. The number of ether oxygens (including phenoxy) is 1. The van der Waals surface area contributed by atoms with Crippen molar-refractivity contribution in [2.75, 3.05) is 13.2 Å². The first-order valence-corrected chi connectivity index (χ1v) is 5.96. The Kier molecular flexibility index (Phi) is 5.75. The molecule has 80 valence electrons. The minimum absolute atomic E-state index is 0.649. The largest absolute Gasteiger partial charge is 0.375 e. The summed E-state index contributed by atoms with van der Waals surface area (Å²) in [6.07, 6.45) is 1.06. The number of hydrogen-bond donors (Lipinski definition) is 1. The Morgan fingerprint density at radius 1 is 1.50 bits per heavy atom. The first kappa shape index (κ1) is 11.6. The molecule has 0 aliphatic carbocycles. The Balaban J connectivity index is 2.27. The molecular weight excluding hydrogens is 196 g/mol. The monoisotopic (exact) mass is 214 g/mol. The predicted octanol–water partition coefficient (Wildman–Crippen LogP) is 2.18. The summed E-state index contributed by atoms with van der Waals surface area (Å²) in [6, 6.07) is 0. The Bertz CT molecular complexity index is 250. The van der Waals surface area contributed by atoms with Gasteiger partial charge in [-0.15, -0.1) is 11.3 Å². The van der Waals surface area contributed by atoms with E-state index in [1.165, 1.54) is 0 Å². The fourth-order valence-corrected chi connectivity index (χ4v) is 1.80. The van der Waals surface area contributed by atoms with Gasteiger partial charge >= 0.3 is 0 Å². The van der Waals surface area contributed by atoms with Crippen LogP contribution < -0.4 is 5.32 Å². The van der Waals surface area contributed by atoms with E-state index in [1.807, 2.05) is 0 Å². The molecule has 0 aromatic carbocycles. The third-order valence-corrected chi connectivity index (χ3v) is 2.62. The lowest BCUT2D eigenvalue weighted by atomic mass is 10.5. The number of nitrogens with zero attached hydrogens (tertiary/aromatic N) is 1. The number of aromatic nitrogens is 1. The van der Waals surface area contributed by atoms with Crippen molar-refractivity contribution in [2.45, 2.75) is 33.4 Å². The van der Waals surface area contributed by atoms with Gasteiger partial charge in [0.25, 0.3) is 0 Å². The average molecular weight is 214 g/mol. The molecule has 0 radical (unpaired) electrons. The van der Waals surface area contributed by atoms with Crippen LogP contribution in [0.2, 0.25) is 0 Å². The van der Waals surface area contributed by atoms with Gasteiger partial charge in [-0.05, 0) is 13.0 Å². The van der Waals surface area contributed by atoms with Gasteiger partial charge in [0, 0.05) is 18.5 Å². The topological polar surface area (TPSA) is 34.1 Å². The zero-order valence-corrected chi connectivity index (χ0v) is 9.69. The summed E-state index contributed by atoms with van der Waals surface area (Å²) in [5.41, 5.74) is 1.05. The van der Waals surface area contributed by atoms with Crippen LogP contribution in [0.4, 0.5) is 0 Å². The maximum absolute atomic E-state index is 5.41. The van der Waals surface area contributed by atoms with Gasteiger partial charge in [-0.25, -0.2) is 4.98 Å². The standard InChI is InChI=1S/C10H18N2OS/c1-3-5-13-7-9-8-14-10(12-9)6-11-4-2/h8,11H,3-7H2,1-2H3. The first-order chi connectivity index (χ1) is 6.86. The van der Waals surface area contributed by atoms with E-state index in [0.717, 1.165) is 36.8 Å². The van der Waals surface area contributed by atoms with E-state index in [9.17, 15) is 0 Å². The lowest BCUT2D eigenvalue weighted by Gasteiger charge is -1.98. The van der Waals surface area contributed by atoms with Crippen LogP contribution in [0.15, 0.2) is 5.38 Å². The van der Waals surface area contributed by atoms with Crippen molar-refractivity contribution in [2.24, 2.45) is 0 Å². The van der Waals surface area contributed by atoms with Crippen molar-refractivity contribution in [1.82, 2.24) is 10.3 Å². The van der Waals surface area contributed by atoms with Crippen LogP contribution in [-0.2, 0) is 17.9 Å². The van der Waals surface area contributed by atoms with Crippen LogP contribution in [0, 0.1) is 0 Å². The van der Waals surface area contributed by atoms with Crippen molar-refractivity contribution in [1.29, 1.82) is 0 Å². The predicted molar refractivity (Wildman–Crippen MR) is 59.4 cm³/mol. The summed E-state index contributed by atoms with van der Waals surface area (Å²) >= 11 is 1.69. The summed E-state index contributed by atoms with van der Waals surface area (Å²) in [5.74, 6) is 0. The maximum Gasteiger partial charge on any atom is 0.107 e. The Hall–Kier alpha value is -0.450. The maximum atomic E-state index is 5.41. The van der Waals surface area contributed by atoms with Crippen LogP contribution >= 0.6 is 11.3 Å². The van der Waals surface area contributed by atoms with Crippen LogP contribution in [-0.4, -0.2) is 18.1 Å². The van der Waals surface area contributed by atoms with Crippen molar-refractivity contribution in [3.05, 3.63) is 16.1 Å². The van der Waals surface area contributed by atoms with E-state index < -0.39 is 0 Å². The highest BCUT2D eigenvalue weighted by molar-refractivity contribution is 7.09. The van der Waals surface area contributed by atoms with E-state index in [-0.39, 0.29) is 0 Å². The van der Waals surface area contributed by atoms with E-state index >= 15 is 0 Å². The minimum atomic E-state index is 0.649. The summed E-state index contributed by atoms with van der Waals surface area (Å²) < 4.78 is 5.41. The zero-order valence-electron chi connectivity index (χ0n) is 8.88. The quantitative estimate of drug-likeness (QED) is 0.706. The molecule has 0 unspecified atom stereocenters. The van der Waals surface area contributed by atoms with E-state index in [2.05, 4.69) is 29.5 Å². The van der Waals surface area contributed by atoms with E-state index in [1.54, 1.807) is 11.3 Å². The first-order valence-electron chi connectivity index (χ1n) is 5.08. The lowest BCUT2D eigenvalue weighted by Crippen LogP contribution is -2.11. The van der Waals surface area contributed by atoms with Crippen LogP contribution in [0.3, 0.4) is 0 Å². The fraction of sp³-hybridized carbons (Fsp3) is 0.700. The minimum Gasteiger partial charge on any atom is -0.375 e. The highest BCUT2D eigenvalue weighted by Gasteiger charge is 2.00. The van der Waals surface area contributed by atoms with Crippen molar-refractivity contribution < 1.29 is 4.74 Å². The summed E-state index contributed by atoms with van der Waals surface area (Å²) in [6.45, 7) is 7.53. The molecule has 0 aliphatic heterocycles. The van der Waals surface area contributed by atoms with Crippen LogP contribution in [0.25, 0.3) is 0 Å². The van der Waals surface area contributed by atoms with Gasteiger partial charge in [-0.1, -0.05) is 13.8 Å². The fourth-order valence-electron chi connectivity index (χ4n) is 1.05. The molecule has 4 heteroatoms. The number of hydrogen-bond acceptors (Lipinski definition) is 4. The summed E-state index contributed by atoms with van der Waals surface area (Å²) in [5, 5.41) is 6.46. The van der Waals surface area contributed by atoms with Crippen molar-refractivity contribution in [3.63, 3.8) is 0 Å². The van der Waals surface area contributed by atoms with Gasteiger partial charge in [0.2, 0.25) is 0 Å². The third kappa shape index (κ3) is 4.17. The second kappa shape index (κ2) is 6.92. The SMILES string of the molecule is CCCOCc1csc(CNCC)n1. The molecule has 0 fully saturated rings. The van der Waals surface area contributed by atoms with E-state index in [0.29, 0.717) is 6.61 Å². The number of thiazole rings is 1. The molecule has 14 heavy (non-hydrogen) atoms. The summed E-state index contributed by atoms with van der Waals surface area (Å²) in [7, 11) is 0. The molecule has 0 atom stereocenters. The van der Waals surface area contributed by atoms with Crippen molar-refractivity contribution in [3.8, 4) is 0 Å². The second-order valence-electron chi connectivity index (χ2n) is 3.07. The molecule has 0 spiro atoms. The van der Waals surface area contributed by atoms with Crippen molar-refractivity contribution >= 4 is 11.3 Å². The molecule has 1 aromatic rings. The molecule has 0 bridgehead atoms.